The molecule has 0 radical (unpaired) electrons. The van der Waals surface area contributed by atoms with Gasteiger partial charge in [-0.1, -0.05) is 30.2 Å². The van der Waals surface area contributed by atoms with Gasteiger partial charge in [-0.2, -0.15) is 0 Å². The molecule has 0 amide bonds. The molecular weight excluding hydrogens is 204 g/mol. The Balaban J connectivity index is 3.79. The molecule has 0 aromatic rings. The van der Waals surface area contributed by atoms with Gasteiger partial charge in [0.15, 0.2) is 11.1 Å². The summed E-state index contributed by atoms with van der Waals surface area (Å²) in [6.07, 6.45) is 3.07. The standard InChI is InChI=1S/C8H18N2OS2/c1-4-5-8(9-11-13-12)6-7-10(2)3/h12H,4-7H2,1-3H3/b9-8-. The van der Waals surface area contributed by atoms with Crippen LogP contribution in [0.2, 0.25) is 0 Å². The van der Waals surface area contributed by atoms with Crippen LogP contribution in [0.5, 0.6) is 0 Å². The fourth-order valence-electron chi connectivity index (χ4n) is 0.927. The number of hydrogen-bond donors (Lipinski definition) is 1. The molecule has 13 heavy (non-hydrogen) atoms. The zero-order valence-electron chi connectivity index (χ0n) is 8.49. The third-order valence-corrected chi connectivity index (χ3v) is 1.93. The second-order valence-electron chi connectivity index (χ2n) is 3.11. The summed E-state index contributed by atoms with van der Waals surface area (Å²) in [5, 5.41) is 3.98. The van der Waals surface area contributed by atoms with Crippen molar-refractivity contribution in [2.45, 2.75) is 26.2 Å². The summed E-state index contributed by atoms with van der Waals surface area (Å²) in [4.78, 5) is 2.14. The van der Waals surface area contributed by atoms with E-state index in [4.69, 9.17) is 4.28 Å². The lowest BCUT2D eigenvalue weighted by Crippen LogP contribution is -2.16. The molecule has 5 heteroatoms. The van der Waals surface area contributed by atoms with Gasteiger partial charge < -0.3 is 9.18 Å². The van der Waals surface area contributed by atoms with E-state index in [9.17, 15) is 0 Å². The minimum atomic E-state index is 0.967. The topological polar surface area (TPSA) is 24.8 Å². The summed E-state index contributed by atoms with van der Waals surface area (Å²) in [5.41, 5.74) is 1.11. The predicted molar refractivity (Wildman–Crippen MR) is 63.2 cm³/mol. The molecule has 0 unspecified atom stereocenters. The zero-order valence-corrected chi connectivity index (χ0v) is 10.2. The van der Waals surface area contributed by atoms with Crippen molar-refractivity contribution in [2.75, 3.05) is 20.6 Å². The normalized spacial score (nSPS) is 12.2. The van der Waals surface area contributed by atoms with E-state index < -0.39 is 0 Å². The third-order valence-electron chi connectivity index (χ3n) is 1.59. The highest BCUT2D eigenvalue weighted by molar-refractivity contribution is 8.66. The minimum absolute atomic E-state index is 0.967. The van der Waals surface area contributed by atoms with E-state index in [1.54, 1.807) is 0 Å². The van der Waals surface area contributed by atoms with Gasteiger partial charge in [-0.25, -0.2) is 0 Å². The molecule has 0 aliphatic carbocycles. The fourth-order valence-corrected chi connectivity index (χ4v) is 1.17. The van der Waals surface area contributed by atoms with Crippen LogP contribution in [0, 0.1) is 0 Å². The van der Waals surface area contributed by atoms with Gasteiger partial charge in [0.1, 0.15) is 0 Å². The molecule has 78 valence electrons. The van der Waals surface area contributed by atoms with E-state index >= 15 is 0 Å². The maximum atomic E-state index is 4.83. The highest BCUT2D eigenvalue weighted by Gasteiger charge is 2.00. The van der Waals surface area contributed by atoms with Crippen LogP contribution in [0.25, 0.3) is 0 Å². The van der Waals surface area contributed by atoms with E-state index in [0.29, 0.717) is 0 Å². The van der Waals surface area contributed by atoms with Crippen molar-refractivity contribution in [1.82, 2.24) is 4.90 Å². The van der Waals surface area contributed by atoms with Crippen LogP contribution < -0.4 is 0 Å². The van der Waals surface area contributed by atoms with Crippen molar-refractivity contribution in [3.05, 3.63) is 0 Å². The maximum absolute atomic E-state index is 4.83. The Hall–Kier alpha value is 0.130. The first-order chi connectivity index (χ1) is 6.20. The molecule has 0 aromatic carbocycles. The molecule has 0 heterocycles. The van der Waals surface area contributed by atoms with Crippen molar-refractivity contribution < 1.29 is 4.28 Å². The number of rotatable bonds is 7. The molecule has 0 bridgehead atoms. The summed E-state index contributed by atoms with van der Waals surface area (Å²) in [6, 6.07) is 0. The molecule has 3 nitrogen and oxygen atoms in total. The molecule has 0 spiro atoms. The number of nitrogens with zero attached hydrogens (tertiary/aromatic N) is 2. The van der Waals surface area contributed by atoms with Crippen LogP contribution >= 0.6 is 22.7 Å². The molecule has 0 aliphatic heterocycles. The molecular formula is C8H18N2OS2. The van der Waals surface area contributed by atoms with Gasteiger partial charge in [0.05, 0.1) is 5.71 Å². The molecule has 0 fully saturated rings. The maximum Gasteiger partial charge on any atom is 0.155 e. The Kier molecular flexibility index (Phi) is 8.80. The molecule has 0 aliphatic rings. The molecule has 0 saturated heterocycles. The lowest BCUT2D eigenvalue weighted by molar-refractivity contribution is 0.395. The quantitative estimate of drug-likeness (QED) is 0.236. The molecule has 0 N–H and O–H groups in total. The number of hydrogen-bond acceptors (Lipinski definition) is 5. The van der Waals surface area contributed by atoms with Crippen LogP contribution in [0.4, 0.5) is 0 Å². The van der Waals surface area contributed by atoms with Crippen LogP contribution in [-0.2, 0) is 4.28 Å². The van der Waals surface area contributed by atoms with Crippen LogP contribution in [0.15, 0.2) is 5.16 Å². The van der Waals surface area contributed by atoms with Gasteiger partial charge in [0.25, 0.3) is 0 Å². The van der Waals surface area contributed by atoms with Gasteiger partial charge in [0, 0.05) is 13.0 Å². The molecule has 0 atom stereocenters. The van der Waals surface area contributed by atoms with Crippen molar-refractivity contribution in [3.63, 3.8) is 0 Å². The smallest absolute Gasteiger partial charge is 0.155 e. The summed E-state index contributed by atoms with van der Waals surface area (Å²) < 4.78 is 4.83. The zero-order chi connectivity index (χ0) is 10.1. The van der Waals surface area contributed by atoms with Crippen molar-refractivity contribution in [1.29, 1.82) is 0 Å². The van der Waals surface area contributed by atoms with Crippen molar-refractivity contribution in [2.24, 2.45) is 5.16 Å². The van der Waals surface area contributed by atoms with E-state index in [0.717, 1.165) is 42.6 Å². The molecule has 0 saturated carbocycles. The largest absolute Gasteiger partial charge is 0.311 e. The highest BCUT2D eigenvalue weighted by atomic mass is 33.1. The fraction of sp³-hybridized carbons (Fsp3) is 0.875. The first kappa shape index (κ1) is 13.1. The summed E-state index contributed by atoms with van der Waals surface area (Å²) in [7, 11) is 4.11. The van der Waals surface area contributed by atoms with Gasteiger partial charge in [-0.05, 0) is 20.5 Å². The monoisotopic (exact) mass is 222 g/mol. The van der Waals surface area contributed by atoms with Crippen LogP contribution in [-0.4, -0.2) is 31.3 Å². The molecule has 0 rings (SSSR count). The first-order valence-electron chi connectivity index (χ1n) is 4.38. The predicted octanol–water partition coefficient (Wildman–Crippen LogP) is 2.60. The lowest BCUT2D eigenvalue weighted by Gasteiger charge is -2.09. The Morgan fingerprint density at radius 2 is 2.15 bits per heavy atom. The summed E-state index contributed by atoms with van der Waals surface area (Å²) >= 11 is 4.83. The second kappa shape index (κ2) is 8.72. The van der Waals surface area contributed by atoms with E-state index in [-0.39, 0.29) is 0 Å². The first-order valence-corrected chi connectivity index (χ1v) is 6.17. The average Bonchev–Trinajstić information content (AvgIpc) is 2.09. The number of thiol groups is 1. The van der Waals surface area contributed by atoms with Crippen molar-refractivity contribution in [3.8, 4) is 0 Å². The van der Waals surface area contributed by atoms with Crippen LogP contribution in [0.3, 0.4) is 0 Å². The minimum Gasteiger partial charge on any atom is -0.311 e. The van der Waals surface area contributed by atoms with Gasteiger partial charge >= 0.3 is 0 Å². The van der Waals surface area contributed by atoms with Gasteiger partial charge in [0.2, 0.25) is 0 Å². The summed E-state index contributed by atoms with van der Waals surface area (Å²) in [6.45, 7) is 3.15. The van der Waals surface area contributed by atoms with Crippen molar-refractivity contribution >= 4 is 28.4 Å². The van der Waals surface area contributed by atoms with E-state index in [1.165, 1.54) is 0 Å². The van der Waals surface area contributed by atoms with Crippen LogP contribution in [0.1, 0.15) is 26.2 Å². The molecule has 0 aromatic heterocycles. The van der Waals surface area contributed by atoms with E-state index in [1.807, 2.05) is 0 Å². The summed E-state index contributed by atoms with van der Waals surface area (Å²) in [5.74, 6) is 0. The highest BCUT2D eigenvalue weighted by Crippen LogP contribution is 2.09. The second-order valence-corrected chi connectivity index (χ2v) is 3.86. The van der Waals surface area contributed by atoms with Gasteiger partial charge in [-0.3, -0.25) is 0 Å². The Bertz CT molecular complexity index is 151. The Morgan fingerprint density at radius 3 is 2.62 bits per heavy atom. The third kappa shape index (κ3) is 8.46. The SMILES string of the molecule is CCC/C(CCN(C)C)=N/OSS. The Labute approximate surface area is 89.9 Å². The Morgan fingerprint density at radius 1 is 1.46 bits per heavy atom. The van der Waals surface area contributed by atoms with Gasteiger partial charge in [-0.15, -0.1) is 0 Å². The average molecular weight is 222 g/mol. The lowest BCUT2D eigenvalue weighted by atomic mass is 10.1. The number of oxime groups is 1. The van der Waals surface area contributed by atoms with E-state index in [2.05, 4.69) is 42.7 Å².